The summed E-state index contributed by atoms with van der Waals surface area (Å²) in [7, 11) is 1.36. The number of hydrogen-bond donors (Lipinski definition) is 1. The topological polar surface area (TPSA) is 80.2 Å². The summed E-state index contributed by atoms with van der Waals surface area (Å²) < 4.78 is 4.80. The first-order chi connectivity index (χ1) is 11.7. The Balaban J connectivity index is 1.79. The second-order valence-corrected chi connectivity index (χ2v) is 5.97. The minimum Gasteiger partial charge on any atom is -0.465 e. The van der Waals surface area contributed by atoms with Crippen LogP contribution in [0.15, 0.2) is 30.5 Å². The molecule has 7 nitrogen and oxygen atoms in total. The predicted octanol–water partition coefficient (Wildman–Crippen LogP) is 2.64. The van der Waals surface area contributed by atoms with Crippen molar-refractivity contribution in [3.05, 3.63) is 36.0 Å². The van der Waals surface area contributed by atoms with E-state index in [1.807, 2.05) is 6.07 Å². The Morgan fingerprint density at radius 2 is 2.04 bits per heavy atom. The number of para-hydroxylation sites is 1. The molecule has 0 unspecified atom stereocenters. The highest BCUT2D eigenvalue weighted by Crippen LogP contribution is 2.23. The molecule has 1 fully saturated rings. The highest BCUT2D eigenvalue weighted by molar-refractivity contribution is 5.96. The van der Waals surface area contributed by atoms with Crippen molar-refractivity contribution in [2.45, 2.75) is 19.8 Å². The molecule has 126 valence electrons. The van der Waals surface area contributed by atoms with Gasteiger partial charge in [-0.15, -0.1) is 5.10 Å². The van der Waals surface area contributed by atoms with E-state index in [0.29, 0.717) is 17.2 Å². The lowest BCUT2D eigenvalue weighted by atomic mass is 9.99. The molecule has 1 aliphatic heterocycles. The summed E-state index contributed by atoms with van der Waals surface area (Å²) in [5, 5.41) is 11.1. The largest absolute Gasteiger partial charge is 0.465 e. The molecular formula is C17H21N5O2. The number of ether oxygens (including phenoxy) is 1. The molecule has 0 aliphatic carbocycles. The van der Waals surface area contributed by atoms with Crippen molar-refractivity contribution >= 4 is 23.4 Å². The van der Waals surface area contributed by atoms with Crippen LogP contribution < -0.4 is 10.2 Å². The molecule has 0 bridgehead atoms. The van der Waals surface area contributed by atoms with Crippen molar-refractivity contribution in [2.75, 3.05) is 30.4 Å². The smallest absolute Gasteiger partial charge is 0.339 e. The minimum absolute atomic E-state index is 0.363. The standard InChI is InChI=1S/C17H21N5O2/c1-12-7-9-22(10-8-12)15-11-18-21-17(20-15)19-14-6-4-3-5-13(14)16(23)24-2/h3-6,11-12H,7-10H2,1-2H3,(H,19,20,21). The number of carbonyl (C=O) groups excluding carboxylic acids is 1. The van der Waals surface area contributed by atoms with Crippen molar-refractivity contribution in [2.24, 2.45) is 5.92 Å². The maximum atomic E-state index is 11.8. The molecule has 1 aromatic heterocycles. The number of nitrogens with zero attached hydrogens (tertiary/aromatic N) is 4. The van der Waals surface area contributed by atoms with Crippen molar-refractivity contribution in [3.63, 3.8) is 0 Å². The van der Waals surface area contributed by atoms with Crippen LogP contribution in [-0.2, 0) is 4.74 Å². The van der Waals surface area contributed by atoms with Gasteiger partial charge in [-0.25, -0.2) is 4.79 Å². The molecule has 0 saturated carbocycles. The van der Waals surface area contributed by atoms with Gasteiger partial charge in [-0.1, -0.05) is 19.1 Å². The molecule has 1 aliphatic rings. The summed E-state index contributed by atoms with van der Waals surface area (Å²) >= 11 is 0. The van der Waals surface area contributed by atoms with Crippen LogP contribution in [0.1, 0.15) is 30.1 Å². The molecular weight excluding hydrogens is 306 g/mol. The van der Waals surface area contributed by atoms with Gasteiger partial charge >= 0.3 is 5.97 Å². The zero-order valence-corrected chi connectivity index (χ0v) is 13.9. The number of hydrogen-bond acceptors (Lipinski definition) is 7. The summed E-state index contributed by atoms with van der Waals surface area (Å²) in [6.45, 7) is 4.21. The number of benzene rings is 1. The Morgan fingerprint density at radius 3 is 2.79 bits per heavy atom. The number of methoxy groups -OCH3 is 1. The van der Waals surface area contributed by atoms with Gasteiger partial charge < -0.3 is 15.0 Å². The Hall–Kier alpha value is -2.70. The second-order valence-electron chi connectivity index (χ2n) is 5.97. The van der Waals surface area contributed by atoms with Gasteiger partial charge in [-0.2, -0.15) is 10.1 Å². The number of piperidine rings is 1. The Kier molecular flexibility index (Phi) is 4.88. The Morgan fingerprint density at radius 1 is 1.29 bits per heavy atom. The van der Waals surface area contributed by atoms with E-state index in [2.05, 4.69) is 32.3 Å². The van der Waals surface area contributed by atoms with E-state index >= 15 is 0 Å². The van der Waals surface area contributed by atoms with Gasteiger partial charge in [0, 0.05) is 13.1 Å². The average molecular weight is 327 g/mol. The van der Waals surface area contributed by atoms with E-state index < -0.39 is 5.97 Å². The molecule has 0 radical (unpaired) electrons. The normalized spacial score (nSPS) is 15.2. The lowest BCUT2D eigenvalue weighted by Crippen LogP contribution is -2.33. The van der Waals surface area contributed by atoms with Gasteiger partial charge in [-0.05, 0) is 30.9 Å². The zero-order chi connectivity index (χ0) is 16.9. The molecule has 0 amide bonds. The number of anilines is 3. The first-order valence-electron chi connectivity index (χ1n) is 8.06. The average Bonchev–Trinajstić information content (AvgIpc) is 2.62. The number of rotatable bonds is 4. The highest BCUT2D eigenvalue weighted by Gasteiger charge is 2.18. The summed E-state index contributed by atoms with van der Waals surface area (Å²) in [4.78, 5) is 18.6. The van der Waals surface area contributed by atoms with Crippen LogP contribution in [0.2, 0.25) is 0 Å². The monoisotopic (exact) mass is 327 g/mol. The van der Waals surface area contributed by atoms with Crippen LogP contribution in [0, 0.1) is 5.92 Å². The van der Waals surface area contributed by atoms with E-state index in [-0.39, 0.29) is 0 Å². The third kappa shape index (κ3) is 3.61. The molecule has 7 heteroatoms. The van der Waals surface area contributed by atoms with Gasteiger partial charge in [0.15, 0.2) is 5.82 Å². The van der Waals surface area contributed by atoms with E-state index in [9.17, 15) is 4.79 Å². The first kappa shape index (κ1) is 16.2. The Bertz CT molecular complexity index is 714. The summed E-state index contributed by atoms with van der Waals surface area (Å²) in [6.07, 6.45) is 3.98. The molecule has 2 aromatic rings. The third-order valence-corrected chi connectivity index (χ3v) is 4.23. The molecule has 1 saturated heterocycles. The summed E-state index contributed by atoms with van der Waals surface area (Å²) in [5.74, 6) is 1.50. The summed E-state index contributed by atoms with van der Waals surface area (Å²) in [5.41, 5.74) is 1.02. The van der Waals surface area contributed by atoms with Crippen molar-refractivity contribution < 1.29 is 9.53 Å². The maximum Gasteiger partial charge on any atom is 0.339 e. The fourth-order valence-corrected chi connectivity index (χ4v) is 2.74. The molecule has 3 rings (SSSR count). The van der Waals surface area contributed by atoms with Crippen LogP contribution >= 0.6 is 0 Å². The van der Waals surface area contributed by atoms with Crippen LogP contribution in [0.3, 0.4) is 0 Å². The van der Waals surface area contributed by atoms with Gasteiger partial charge in [-0.3, -0.25) is 0 Å². The quantitative estimate of drug-likeness (QED) is 0.865. The fraction of sp³-hybridized carbons (Fsp3) is 0.412. The van der Waals surface area contributed by atoms with Crippen molar-refractivity contribution in [3.8, 4) is 0 Å². The fourth-order valence-electron chi connectivity index (χ4n) is 2.74. The van der Waals surface area contributed by atoms with Crippen LogP contribution in [0.25, 0.3) is 0 Å². The lowest BCUT2D eigenvalue weighted by molar-refractivity contribution is 0.0602. The van der Waals surface area contributed by atoms with Crippen LogP contribution in [-0.4, -0.2) is 41.3 Å². The first-order valence-corrected chi connectivity index (χ1v) is 8.06. The van der Waals surface area contributed by atoms with Crippen molar-refractivity contribution in [1.82, 2.24) is 15.2 Å². The number of carbonyl (C=O) groups is 1. The van der Waals surface area contributed by atoms with Crippen molar-refractivity contribution in [1.29, 1.82) is 0 Å². The number of nitrogens with one attached hydrogen (secondary N) is 1. The van der Waals surface area contributed by atoms with Crippen LogP contribution in [0.5, 0.6) is 0 Å². The molecule has 1 aromatic carbocycles. The number of esters is 1. The Labute approximate surface area is 141 Å². The molecule has 1 N–H and O–H groups in total. The third-order valence-electron chi connectivity index (χ3n) is 4.23. The minimum atomic E-state index is -0.410. The molecule has 24 heavy (non-hydrogen) atoms. The molecule has 2 heterocycles. The van der Waals surface area contributed by atoms with E-state index in [1.54, 1.807) is 24.4 Å². The van der Waals surface area contributed by atoms with E-state index in [1.165, 1.54) is 7.11 Å². The maximum absolute atomic E-state index is 11.8. The predicted molar refractivity (Wildman–Crippen MR) is 91.5 cm³/mol. The van der Waals surface area contributed by atoms with Gasteiger partial charge in [0.1, 0.15) is 0 Å². The van der Waals surface area contributed by atoms with Gasteiger partial charge in [0.2, 0.25) is 5.95 Å². The van der Waals surface area contributed by atoms with E-state index in [0.717, 1.165) is 37.7 Å². The highest BCUT2D eigenvalue weighted by atomic mass is 16.5. The lowest BCUT2D eigenvalue weighted by Gasteiger charge is -2.30. The molecule has 0 spiro atoms. The molecule has 0 atom stereocenters. The summed E-state index contributed by atoms with van der Waals surface area (Å²) in [6, 6.07) is 7.09. The zero-order valence-electron chi connectivity index (χ0n) is 13.9. The SMILES string of the molecule is COC(=O)c1ccccc1Nc1nncc(N2CCC(C)CC2)n1. The van der Waals surface area contributed by atoms with Crippen LogP contribution in [0.4, 0.5) is 17.5 Å². The van der Waals surface area contributed by atoms with Gasteiger partial charge in [0.25, 0.3) is 0 Å². The van der Waals surface area contributed by atoms with Gasteiger partial charge in [0.05, 0.1) is 24.6 Å². The number of aromatic nitrogens is 3. The van der Waals surface area contributed by atoms with E-state index in [4.69, 9.17) is 4.74 Å². The second kappa shape index (κ2) is 7.25.